The molecule has 3 nitrogen and oxygen atoms in total. The molecule has 0 fully saturated rings. The third kappa shape index (κ3) is 2.17. The van der Waals surface area contributed by atoms with E-state index in [9.17, 15) is 4.39 Å². The molecule has 1 N–H and O–H groups in total. The fourth-order valence-electron chi connectivity index (χ4n) is 2.20. The van der Waals surface area contributed by atoms with Gasteiger partial charge in [0.15, 0.2) is 11.6 Å². The smallest absolute Gasteiger partial charge is 0.165 e. The van der Waals surface area contributed by atoms with E-state index < -0.39 is 0 Å². The first-order chi connectivity index (χ1) is 9.28. The molecule has 0 saturated heterocycles. The van der Waals surface area contributed by atoms with Crippen LogP contribution in [0.1, 0.15) is 11.1 Å². The van der Waals surface area contributed by atoms with E-state index in [1.807, 2.05) is 24.4 Å². The van der Waals surface area contributed by atoms with Crippen LogP contribution in [0.5, 0.6) is 5.75 Å². The normalized spacial score (nSPS) is 10.8. The predicted octanol–water partition coefficient (Wildman–Crippen LogP) is 3.30. The monoisotopic (exact) mass is 256 g/mol. The summed E-state index contributed by atoms with van der Waals surface area (Å²) in [6.07, 6.45) is 4.32. The Morgan fingerprint density at radius 1 is 1.32 bits per heavy atom. The SMILES string of the molecule is COc1ccc(Cc2c[nH]c3ncccc23)cc1F. The van der Waals surface area contributed by atoms with Gasteiger partial charge in [0, 0.05) is 17.8 Å². The molecule has 4 heteroatoms. The van der Waals surface area contributed by atoms with Crippen molar-refractivity contribution in [2.45, 2.75) is 6.42 Å². The highest BCUT2D eigenvalue weighted by molar-refractivity contribution is 5.79. The quantitative estimate of drug-likeness (QED) is 0.780. The van der Waals surface area contributed by atoms with Gasteiger partial charge in [-0.15, -0.1) is 0 Å². The Hall–Kier alpha value is -2.36. The van der Waals surface area contributed by atoms with Crippen LogP contribution in [-0.2, 0) is 6.42 Å². The average molecular weight is 256 g/mol. The number of rotatable bonds is 3. The number of nitrogens with one attached hydrogen (secondary N) is 1. The van der Waals surface area contributed by atoms with Crippen molar-refractivity contribution in [1.29, 1.82) is 0 Å². The zero-order chi connectivity index (χ0) is 13.2. The number of halogens is 1. The molecule has 19 heavy (non-hydrogen) atoms. The van der Waals surface area contributed by atoms with Crippen LogP contribution in [-0.4, -0.2) is 17.1 Å². The van der Waals surface area contributed by atoms with Crippen molar-refractivity contribution >= 4 is 11.0 Å². The van der Waals surface area contributed by atoms with Crippen LogP contribution in [0, 0.1) is 5.82 Å². The number of aromatic amines is 1. The average Bonchev–Trinajstić information content (AvgIpc) is 2.83. The van der Waals surface area contributed by atoms with Crippen LogP contribution < -0.4 is 4.74 Å². The standard InChI is InChI=1S/C15H13FN2O/c1-19-14-5-4-10(8-13(14)16)7-11-9-18-15-12(11)3-2-6-17-15/h2-6,8-9H,7H2,1H3,(H,17,18). The second kappa shape index (κ2) is 4.72. The fraction of sp³-hybridized carbons (Fsp3) is 0.133. The molecule has 3 aromatic rings. The van der Waals surface area contributed by atoms with Crippen molar-refractivity contribution in [2.75, 3.05) is 7.11 Å². The number of H-pyrrole nitrogens is 1. The Bertz CT molecular complexity index is 721. The molecule has 0 aliphatic carbocycles. The summed E-state index contributed by atoms with van der Waals surface area (Å²) in [6, 6.07) is 8.94. The van der Waals surface area contributed by atoms with Gasteiger partial charge in [-0.3, -0.25) is 0 Å². The van der Waals surface area contributed by atoms with E-state index in [0.29, 0.717) is 6.42 Å². The number of hydrogen-bond donors (Lipinski definition) is 1. The first kappa shape index (κ1) is 11.7. The van der Waals surface area contributed by atoms with Crippen LogP contribution >= 0.6 is 0 Å². The summed E-state index contributed by atoms with van der Waals surface area (Å²) in [7, 11) is 1.46. The van der Waals surface area contributed by atoms with Gasteiger partial charge in [0.25, 0.3) is 0 Å². The lowest BCUT2D eigenvalue weighted by molar-refractivity contribution is 0.386. The number of nitrogens with zero attached hydrogens (tertiary/aromatic N) is 1. The van der Waals surface area contributed by atoms with E-state index >= 15 is 0 Å². The highest BCUT2D eigenvalue weighted by Crippen LogP contribution is 2.22. The van der Waals surface area contributed by atoms with Gasteiger partial charge in [-0.1, -0.05) is 6.07 Å². The zero-order valence-corrected chi connectivity index (χ0v) is 10.5. The molecule has 0 aliphatic rings. The van der Waals surface area contributed by atoms with Gasteiger partial charge in [-0.05, 0) is 41.8 Å². The molecule has 2 aromatic heterocycles. The number of ether oxygens (including phenoxy) is 1. The second-order valence-electron chi connectivity index (χ2n) is 4.36. The highest BCUT2D eigenvalue weighted by atomic mass is 19.1. The lowest BCUT2D eigenvalue weighted by Gasteiger charge is -2.04. The molecule has 0 aliphatic heterocycles. The van der Waals surface area contributed by atoms with E-state index in [2.05, 4.69) is 9.97 Å². The largest absolute Gasteiger partial charge is 0.494 e. The Balaban J connectivity index is 1.95. The molecule has 96 valence electrons. The Kier molecular flexibility index (Phi) is 2.91. The molecular formula is C15H13FN2O. The van der Waals surface area contributed by atoms with Gasteiger partial charge in [-0.25, -0.2) is 9.37 Å². The lowest BCUT2D eigenvalue weighted by Crippen LogP contribution is -1.92. The van der Waals surface area contributed by atoms with Gasteiger partial charge < -0.3 is 9.72 Å². The van der Waals surface area contributed by atoms with E-state index in [1.54, 1.807) is 12.3 Å². The van der Waals surface area contributed by atoms with E-state index in [-0.39, 0.29) is 11.6 Å². The molecule has 0 radical (unpaired) electrons. The van der Waals surface area contributed by atoms with Crippen molar-refractivity contribution in [1.82, 2.24) is 9.97 Å². The third-order valence-electron chi connectivity index (χ3n) is 3.15. The van der Waals surface area contributed by atoms with E-state index in [1.165, 1.54) is 13.2 Å². The van der Waals surface area contributed by atoms with E-state index in [0.717, 1.165) is 22.2 Å². The molecule has 0 saturated carbocycles. The Morgan fingerprint density at radius 2 is 2.21 bits per heavy atom. The third-order valence-corrected chi connectivity index (χ3v) is 3.15. The molecule has 0 spiro atoms. The number of aromatic nitrogens is 2. The van der Waals surface area contributed by atoms with Crippen LogP contribution in [0.15, 0.2) is 42.7 Å². The highest BCUT2D eigenvalue weighted by Gasteiger charge is 2.07. The number of fused-ring (bicyclic) bond motifs is 1. The molecule has 2 heterocycles. The van der Waals surface area contributed by atoms with Crippen LogP contribution in [0.4, 0.5) is 4.39 Å². The molecule has 1 aromatic carbocycles. The molecular weight excluding hydrogens is 243 g/mol. The van der Waals surface area contributed by atoms with Crippen molar-refractivity contribution in [2.24, 2.45) is 0 Å². The van der Waals surface area contributed by atoms with Crippen molar-refractivity contribution in [3.63, 3.8) is 0 Å². The second-order valence-corrected chi connectivity index (χ2v) is 4.36. The number of benzene rings is 1. The maximum absolute atomic E-state index is 13.6. The number of methoxy groups -OCH3 is 1. The predicted molar refractivity (Wildman–Crippen MR) is 71.9 cm³/mol. The van der Waals surface area contributed by atoms with Crippen LogP contribution in [0.25, 0.3) is 11.0 Å². The summed E-state index contributed by atoms with van der Waals surface area (Å²) in [5, 5.41) is 1.07. The minimum Gasteiger partial charge on any atom is -0.494 e. The first-order valence-corrected chi connectivity index (χ1v) is 6.01. The summed E-state index contributed by atoms with van der Waals surface area (Å²) in [5.41, 5.74) is 2.86. The summed E-state index contributed by atoms with van der Waals surface area (Å²) in [4.78, 5) is 7.35. The number of hydrogen-bond acceptors (Lipinski definition) is 2. The lowest BCUT2D eigenvalue weighted by atomic mass is 10.0. The topological polar surface area (TPSA) is 37.9 Å². The molecule has 3 rings (SSSR count). The van der Waals surface area contributed by atoms with Crippen molar-refractivity contribution in [3.05, 3.63) is 59.7 Å². The van der Waals surface area contributed by atoms with Crippen molar-refractivity contribution in [3.8, 4) is 5.75 Å². The van der Waals surface area contributed by atoms with Gasteiger partial charge in [0.05, 0.1) is 7.11 Å². The summed E-state index contributed by atoms with van der Waals surface area (Å²) < 4.78 is 18.6. The van der Waals surface area contributed by atoms with Gasteiger partial charge in [0.1, 0.15) is 5.65 Å². The van der Waals surface area contributed by atoms with Gasteiger partial charge in [-0.2, -0.15) is 0 Å². The van der Waals surface area contributed by atoms with Crippen molar-refractivity contribution < 1.29 is 9.13 Å². The fourth-order valence-corrected chi connectivity index (χ4v) is 2.20. The Labute approximate surface area is 110 Å². The number of pyridine rings is 1. The first-order valence-electron chi connectivity index (χ1n) is 6.01. The maximum Gasteiger partial charge on any atom is 0.165 e. The molecule has 0 atom stereocenters. The molecule has 0 unspecified atom stereocenters. The van der Waals surface area contributed by atoms with Crippen LogP contribution in [0.3, 0.4) is 0 Å². The zero-order valence-electron chi connectivity index (χ0n) is 10.5. The summed E-state index contributed by atoms with van der Waals surface area (Å²) in [6.45, 7) is 0. The van der Waals surface area contributed by atoms with Gasteiger partial charge >= 0.3 is 0 Å². The molecule has 0 bridgehead atoms. The van der Waals surface area contributed by atoms with E-state index in [4.69, 9.17) is 4.74 Å². The van der Waals surface area contributed by atoms with Gasteiger partial charge in [0.2, 0.25) is 0 Å². The molecule has 0 amide bonds. The maximum atomic E-state index is 13.6. The van der Waals surface area contributed by atoms with Crippen LogP contribution in [0.2, 0.25) is 0 Å². The summed E-state index contributed by atoms with van der Waals surface area (Å²) in [5.74, 6) is -0.0673. The summed E-state index contributed by atoms with van der Waals surface area (Å²) >= 11 is 0. The Morgan fingerprint density at radius 3 is 3.00 bits per heavy atom. The minimum atomic E-state index is -0.335. The minimum absolute atomic E-state index is 0.268.